The first-order valence-corrected chi connectivity index (χ1v) is 7.74. The number of nitrogens with zero attached hydrogens (tertiary/aromatic N) is 1. The first-order chi connectivity index (χ1) is 9.10. The Morgan fingerprint density at radius 3 is 2.42 bits per heavy atom. The summed E-state index contributed by atoms with van der Waals surface area (Å²) in [5.41, 5.74) is 0. The number of unbranched alkanes of at least 4 members (excludes halogenated alkanes) is 1. The van der Waals surface area contributed by atoms with E-state index in [2.05, 4.69) is 31.0 Å². The van der Waals surface area contributed by atoms with Crippen LogP contribution in [-0.4, -0.2) is 49.2 Å². The van der Waals surface area contributed by atoms with E-state index in [1.165, 1.54) is 12.8 Å². The van der Waals surface area contributed by atoms with Crippen molar-refractivity contribution in [2.75, 3.05) is 26.2 Å². The monoisotopic (exact) mass is 272 g/mol. The van der Waals surface area contributed by atoms with E-state index in [-0.39, 0.29) is 12.0 Å². The molecule has 0 aromatic rings. The smallest absolute Gasteiger partial charge is 0.324 e. The Hall–Kier alpha value is -0.610. The minimum atomic E-state index is -0.212. The molecule has 4 nitrogen and oxygen atoms in total. The molecule has 0 aliphatic heterocycles. The lowest BCUT2D eigenvalue weighted by molar-refractivity contribution is -0.146. The summed E-state index contributed by atoms with van der Waals surface area (Å²) < 4.78 is 5.15. The maximum atomic E-state index is 11.9. The molecule has 0 radical (unpaired) electrons. The van der Waals surface area contributed by atoms with Gasteiger partial charge in [-0.3, -0.25) is 9.69 Å². The summed E-state index contributed by atoms with van der Waals surface area (Å²) in [4.78, 5) is 14.3. The van der Waals surface area contributed by atoms with Gasteiger partial charge in [0.2, 0.25) is 0 Å². The highest BCUT2D eigenvalue weighted by atomic mass is 16.5. The second-order valence-electron chi connectivity index (χ2n) is 4.97. The van der Waals surface area contributed by atoms with Gasteiger partial charge in [0.15, 0.2) is 0 Å². The molecule has 0 spiro atoms. The highest BCUT2D eigenvalue weighted by molar-refractivity contribution is 5.76. The van der Waals surface area contributed by atoms with E-state index in [1.807, 2.05) is 13.8 Å². The van der Waals surface area contributed by atoms with Crippen LogP contribution in [0.5, 0.6) is 0 Å². The number of hydrogen-bond donors (Lipinski definition) is 1. The average molecular weight is 272 g/mol. The van der Waals surface area contributed by atoms with Crippen molar-refractivity contribution in [2.24, 2.45) is 0 Å². The molecule has 0 heterocycles. The third-order valence-electron chi connectivity index (χ3n) is 3.45. The van der Waals surface area contributed by atoms with Gasteiger partial charge >= 0.3 is 5.97 Å². The van der Waals surface area contributed by atoms with Gasteiger partial charge < -0.3 is 10.1 Å². The third-order valence-corrected chi connectivity index (χ3v) is 3.45. The standard InChI is InChI=1S/C15H32N2O2/c1-6-10-11-17(13(5)7-2)12-14(16-8-3)15(18)19-9-4/h13-14,16H,6-12H2,1-5H3. The first kappa shape index (κ1) is 18.4. The fourth-order valence-electron chi connectivity index (χ4n) is 2.06. The molecule has 0 fully saturated rings. The van der Waals surface area contributed by atoms with Crippen LogP contribution in [0.3, 0.4) is 0 Å². The highest BCUT2D eigenvalue weighted by Crippen LogP contribution is 2.07. The van der Waals surface area contributed by atoms with Crippen molar-refractivity contribution >= 4 is 5.97 Å². The van der Waals surface area contributed by atoms with Crippen LogP contribution in [0.15, 0.2) is 0 Å². The van der Waals surface area contributed by atoms with Gasteiger partial charge in [-0.25, -0.2) is 0 Å². The minimum absolute atomic E-state index is 0.130. The van der Waals surface area contributed by atoms with E-state index in [0.717, 1.165) is 26.1 Å². The van der Waals surface area contributed by atoms with Crippen LogP contribution < -0.4 is 5.32 Å². The van der Waals surface area contributed by atoms with Gasteiger partial charge in [-0.1, -0.05) is 27.2 Å². The van der Waals surface area contributed by atoms with Crippen LogP contribution >= 0.6 is 0 Å². The quantitative estimate of drug-likeness (QED) is 0.587. The molecule has 2 atom stereocenters. The summed E-state index contributed by atoms with van der Waals surface area (Å²) in [7, 11) is 0. The SMILES string of the molecule is CCCCN(CC(NCC)C(=O)OCC)C(C)CC. The van der Waals surface area contributed by atoms with Gasteiger partial charge in [0.05, 0.1) is 6.61 Å². The van der Waals surface area contributed by atoms with E-state index >= 15 is 0 Å². The second-order valence-corrected chi connectivity index (χ2v) is 4.97. The Bertz CT molecular complexity index is 234. The topological polar surface area (TPSA) is 41.6 Å². The number of hydrogen-bond acceptors (Lipinski definition) is 4. The fraction of sp³-hybridized carbons (Fsp3) is 0.933. The van der Waals surface area contributed by atoms with Crippen molar-refractivity contribution in [3.8, 4) is 0 Å². The first-order valence-electron chi connectivity index (χ1n) is 7.74. The summed E-state index contributed by atoms with van der Waals surface area (Å²) in [5.74, 6) is -0.130. The van der Waals surface area contributed by atoms with E-state index in [1.54, 1.807) is 0 Å². The Kier molecular flexibility index (Phi) is 10.9. The largest absolute Gasteiger partial charge is 0.465 e. The zero-order valence-electron chi connectivity index (χ0n) is 13.4. The van der Waals surface area contributed by atoms with Crippen LogP contribution in [0.4, 0.5) is 0 Å². The number of nitrogens with one attached hydrogen (secondary N) is 1. The van der Waals surface area contributed by atoms with Crippen molar-refractivity contribution in [1.82, 2.24) is 10.2 Å². The zero-order chi connectivity index (χ0) is 14.7. The number of esters is 1. The summed E-state index contributed by atoms with van der Waals surface area (Å²) in [6.45, 7) is 13.5. The molecule has 114 valence electrons. The van der Waals surface area contributed by atoms with Crippen molar-refractivity contribution in [3.05, 3.63) is 0 Å². The van der Waals surface area contributed by atoms with Gasteiger partial charge in [0, 0.05) is 12.6 Å². The van der Waals surface area contributed by atoms with Gasteiger partial charge in [0.1, 0.15) is 6.04 Å². The second kappa shape index (κ2) is 11.2. The molecule has 0 bridgehead atoms. The molecule has 0 amide bonds. The minimum Gasteiger partial charge on any atom is -0.465 e. The summed E-state index contributed by atoms with van der Waals surface area (Å²) in [5, 5.41) is 3.24. The predicted molar refractivity (Wildman–Crippen MR) is 80.3 cm³/mol. The predicted octanol–water partition coefficient (Wildman–Crippen LogP) is 2.43. The fourth-order valence-corrected chi connectivity index (χ4v) is 2.06. The van der Waals surface area contributed by atoms with Crippen LogP contribution in [0.1, 0.15) is 53.9 Å². The van der Waals surface area contributed by atoms with Crippen LogP contribution in [-0.2, 0) is 9.53 Å². The Morgan fingerprint density at radius 2 is 1.95 bits per heavy atom. The molecule has 0 saturated heterocycles. The molecular weight excluding hydrogens is 240 g/mol. The highest BCUT2D eigenvalue weighted by Gasteiger charge is 2.23. The van der Waals surface area contributed by atoms with Crippen LogP contribution in [0, 0.1) is 0 Å². The van der Waals surface area contributed by atoms with E-state index in [0.29, 0.717) is 12.6 Å². The van der Waals surface area contributed by atoms with E-state index in [4.69, 9.17) is 4.74 Å². The molecule has 1 N–H and O–H groups in total. The lowest BCUT2D eigenvalue weighted by Gasteiger charge is -2.31. The lowest BCUT2D eigenvalue weighted by atomic mass is 10.1. The Morgan fingerprint density at radius 1 is 1.26 bits per heavy atom. The van der Waals surface area contributed by atoms with Gasteiger partial charge in [-0.2, -0.15) is 0 Å². The van der Waals surface area contributed by atoms with E-state index < -0.39 is 0 Å². The maximum Gasteiger partial charge on any atom is 0.324 e. The van der Waals surface area contributed by atoms with Gasteiger partial charge in [0.25, 0.3) is 0 Å². The summed E-state index contributed by atoms with van der Waals surface area (Å²) in [6.07, 6.45) is 3.45. The molecule has 0 aromatic carbocycles. The van der Waals surface area contributed by atoms with Crippen LogP contribution in [0.25, 0.3) is 0 Å². The third kappa shape index (κ3) is 7.53. The molecule has 4 heteroatoms. The van der Waals surface area contributed by atoms with Crippen molar-refractivity contribution in [2.45, 2.75) is 66.0 Å². The molecule has 2 unspecified atom stereocenters. The maximum absolute atomic E-state index is 11.9. The van der Waals surface area contributed by atoms with Crippen molar-refractivity contribution in [3.63, 3.8) is 0 Å². The zero-order valence-corrected chi connectivity index (χ0v) is 13.4. The number of carbonyl (C=O) groups excluding carboxylic acids is 1. The molecule has 19 heavy (non-hydrogen) atoms. The summed E-state index contributed by atoms with van der Waals surface area (Å²) in [6, 6.07) is 0.290. The lowest BCUT2D eigenvalue weighted by Crippen LogP contribution is -2.49. The van der Waals surface area contributed by atoms with E-state index in [9.17, 15) is 4.79 Å². The molecule has 0 aliphatic rings. The average Bonchev–Trinajstić information content (AvgIpc) is 2.41. The van der Waals surface area contributed by atoms with Gasteiger partial charge in [-0.15, -0.1) is 0 Å². The Balaban J connectivity index is 4.57. The number of carbonyl (C=O) groups is 1. The van der Waals surface area contributed by atoms with Gasteiger partial charge in [-0.05, 0) is 39.8 Å². The van der Waals surface area contributed by atoms with Crippen LogP contribution in [0.2, 0.25) is 0 Å². The number of likely N-dealkylation sites (N-methyl/N-ethyl adjacent to an activating group) is 1. The number of ether oxygens (including phenoxy) is 1. The molecule has 0 aromatic heterocycles. The molecular formula is C15H32N2O2. The molecule has 0 rings (SSSR count). The normalized spacial score (nSPS) is 14.4. The molecule has 0 saturated carbocycles. The Labute approximate surface area is 118 Å². The van der Waals surface area contributed by atoms with Crippen molar-refractivity contribution < 1.29 is 9.53 Å². The number of rotatable bonds is 11. The molecule has 0 aliphatic carbocycles. The summed E-state index contributed by atoms with van der Waals surface area (Å²) >= 11 is 0. The van der Waals surface area contributed by atoms with Crippen molar-refractivity contribution in [1.29, 1.82) is 0 Å².